The predicted molar refractivity (Wildman–Crippen MR) is 72.7 cm³/mol. The topological polar surface area (TPSA) is 84.0 Å². The Bertz CT molecular complexity index is 477. The molecule has 2 aliphatic heterocycles. The fourth-order valence-corrected chi connectivity index (χ4v) is 3.04. The van der Waals surface area contributed by atoms with Crippen LogP contribution in [-0.4, -0.2) is 85.2 Å². The summed E-state index contributed by atoms with van der Waals surface area (Å²) in [5, 5.41) is 1.97. The van der Waals surface area contributed by atoms with Crippen LogP contribution in [-0.2, 0) is 19.1 Å². The van der Waals surface area contributed by atoms with Crippen molar-refractivity contribution in [3.8, 4) is 0 Å². The lowest BCUT2D eigenvalue weighted by molar-refractivity contribution is -0.400. The third-order valence-corrected chi connectivity index (χ3v) is 3.88. The van der Waals surface area contributed by atoms with Crippen LogP contribution in [0.2, 0.25) is 0 Å². The van der Waals surface area contributed by atoms with Gasteiger partial charge < -0.3 is 9.47 Å². The number of hydroxylamine groups is 4. The Kier molecular flexibility index (Phi) is 4.22. The lowest BCUT2D eigenvalue weighted by Gasteiger charge is -2.43. The maximum Gasteiger partial charge on any atom is 0.352 e. The molecule has 0 bridgehead atoms. The SMILES string of the molecule is CCON1C(=O)N(C)C2(OC)N(OC)C(=O)N(C)C12OCC. The van der Waals surface area contributed by atoms with E-state index in [-0.39, 0.29) is 13.2 Å². The van der Waals surface area contributed by atoms with Crippen LogP contribution in [0.15, 0.2) is 0 Å². The van der Waals surface area contributed by atoms with E-state index in [2.05, 4.69) is 0 Å². The number of amides is 4. The van der Waals surface area contributed by atoms with Gasteiger partial charge in [0.2, 0.25) is 0 Å². The van der Waals surface area contributed by atoms with Gasteiger partial charge in [-0.2, -0.15) is 0 Å². The molecular weight excluding hydrogens is 296 g/mol. The molecule has 4 amide bonds. The molecule has 2 fully saturated rings. The fourth-order valence-electron chi connectivity index (χ4n) is 3.04. The first-order chi connectivity index (χ1) is 10.4. The van der Waals surface area contributed by atoms with Crippen molar-refractivity contribution in [2.45, 2.75) is 25.5 Å². The summed E-state index contributed by atoms with van der Waals surface area (Å²) in [5.41, 5.74) is 0. The highest BCUT2D eigenvalue weighted by Crippen LogP contribution is 2.51. The van der Waals surface area contributed by atoms with Crippen LogP contribution in [0.3, 0.4) is 0 Å². The summed E-state index contributed by atoms with van der Waals surface area (Å²) in [6.07, 6.45) is 0. The van der Waals surface area contributed by atoms with Gasteiger partial charge in [-0.1, -0.05) is 0 Å². The van der Waals surface area contributed by atoms with Gasteiger partial charge in [-0.3, -0.25) is 19.5 Å². The maximum atomic E-state index is 12.6. The molecule has 0 aromatic carbocycles. The van der Waals surface area contributed by atoms with E-state index >= 15 is 0 Å². The first kappa shape index (κ1) is 16.7. The number of urea groups is 2. The molecular formula is C12H22N4O6. The molecule has 0 spiro atoms. The monoisotopic (exact) mass is 318 g/mol. The fraction of sp³-hybridized carbons (Fsp3) is 0.833. The van der Waals surface area contributed by atoms with Crippen molar-refractivity contribution < 1.29 is 28.7 Å². The van der Waals surface area contributed by atoms with Crippen molar-refractivity contribution in [1.82, 2.24) is 19.9 Å². The summed E-state index contributed by atoms with van der Waals surface area (Å²) >= 11 is 0. The van der Waals surface area contributed by atoms with Gasteiger partial charge in [-0.25, -0.2) is 9.59 Å². The third-order valence-electron chi connectivity index (χ3n) is 3.88. The largest absolute Gasteiger partial charge is 0.352 e. The van der Waals surface area contributed by atoms with E-state index in [0.717, 1.165) is 10.1 Å². The van der Waals surface area contributed by atoms with Gasteiger partial charge in [0, 0.05) is 27.8 Å². The van der Waals surface area contributed by atoms with Crippen molar-refractivity contribution in [3.05, 3.63) is 0 Å². The predicted octanol–water partition coefficient (Wildman–Crippen LogP) is 0.225. The molecule has 0 radical (unpaired) electrons. The number of carbonyl (C=O) groups excluding carboxylic acids is 2. The minimum absolute atomic E-state index is 0.212. The Morgan fingerprint density at radius 1 is 0.909 bits per heavy atom. The summed E-state index contributed by atoms with van der Waals surface area (Å²) < 4.78 is 11.4. The second-order valence-electron chi connectivity index (χ2n) is 4.73. The van der Waals surface area contributed by atoms with Crippen molar-refractivity contribution in [1.29, 1.82) is 0 Å². The van der Waals surface area contributed by atoms with Gasteiger partial charge in [-0.05, 0) is 13.8 Å². The van der Waals surface area contributed by atoms with E-state index in [1.807, 2.05) is 0 Å². The Morgan fingerprint density at radius 2 is 1.45 bits per heavy atom. The lowest BCUT2D eigenvalue weighted by atomic mass is 10.2. The maximum absolute atomic E-state index is 12.6. The number of nitrogens with zero attached hydrogens (tertiary/aromatic N) is 4. The minimum Gasteiger partial charge on any atom is -0.334 e. The second kappa shape index (κ2) is 5.54. The molecule has 2 heterocycles. The third kappa shape index (κ3) is 1.57. The number of fused-ring (bicyclic) bond motifs is 1. The standard InChI is InChI=1S/C12H22N4O6/c1-7-21-12-11(19-5,15(20-6)9(17)14(12)4)13(3)10(18)16(12)22-8-2/h7-8H2,1-6H3. The Morgan fingerprint density at radius 3 is 1.91 bits per heavy atom. The van der Waals surface area contributed by atoms with Crippen molar-refractivity contribution in [2.75, 3.05) is 41.5 Å². The molecule has 0 N–H and O–H groups in total. The molecule has 2 aliphatic rings. The van der Waals surface area contributed by atoms with Crippen LogP contribution >= 0.6 is 0 Å². The van der Waals surface area contributed by atoms with E-state index in [4.69, 9.17) is 19.1 Å². The van der Waals surface area contributed by atoms with Gasteiger partial charge in [-0.15, -0.1) is 10.1 Å². The molecule has 22 heavy (non-hydrogen) atoms. The van der Waals surface area contributed by atoms with Crippen molar-refractivity contribution >= 4 is 12.1 Å². The number of methoxy groups -OCH3 is 1. The average Bonchev–Trinajstić information content (AvgIpc) is 2.80. The van der Waals surface area contributed by atoms with Crippen LogP contribution < -0.4 is 0 Å². The van der Waals surface area contributed by atoms with E-state index < -0.39 is 23.8 Å². The van der Waals surface area contributed by atoms with Crippen LogP contribution in [0.25, 0.3) is 0 Å². The smallest absolute Gasteiger partial charge is 0.334 e. The number of ether oxygens (including phenoxy) is 2. The second-order valence-corrected chi connectivity index (χ2v) is 4.73. The van der Waals surface area contributed by atoms with E-state index in [1.165, 1.54) is 38.1 Å². The molecule has 2 rings (SSSR count). The average molecular weight is 318 g/mol. The zero-order valence-corrected chi connectivity index (χ0v) is 13.7. The highest BCUT2D eigenvalue weighted by molar-refractivity contribution is 5.85. The normalized spacial score (nSPS) is 31.5. The summed E-state index contributed by atoms with van der Waals surface area (Å²) in [6, 6.07) is -1.04. The quantitative estimate of drug-likeness (QED) is 0.697. The number of hydrogen-bond donors (Lipinski definition) is 0. The molecule has 2 atom stereocenters. The molecule has 2 unspecified atom stereocenters. The van der Waals surface area contributed by atoms with Gasteiger partial charge in [0.25, 0.3) is 0 Å². The number of hydrogen-bond acceptors (Lipinski definition) is 6. The van der Waals surface area contributed by atoms with E-state index in [0.29, 0.717) is 0 Å². The van der Waals surface area contributed by atoms with Crippen LogP contribution in [0, 0.1) is 0 Å². The Hall–Kier alpha value is -1.62. The van der Waals surface area contributed by atoms with Gasteiger partial charge in [0.05, 0.1) is 13.7 Å². The molecule has 10 nitrogen and oxygen atoms in total. The van der Waals surface area contributed by atoms with Crippen molar-refractivity contribution in [3.63, 3.8) is 0 Å². The molecule has 2 saturated heterocycles. The Labute approximate surface area is 128 Å². The molecule has 126 valence electrons. The van der Waals surface area contributed by atoms with E-state index in [9.17, 15) is 9.59 Å². The van der Waals surface area contributed by atoms with Crippen LogP contribution in [0.4, 0.5) is 9.59 Å². The van der Waals surface area contributed by atoms with Crippen LogP contribution in [0.1, 0.15) is 13.8 Å². The summed E-state index contributed by atoms with van der Waals surface area (Å²) in [7, 11) is 5.65. The zero-order chi connectivity index (χ0) is 16.7. The van der Waals surface area contributed by atoms with Crippen LogP contribution in [0.5, 0.6) is 0 Å². The van der Waals surface area contributed by atoms with Gasteiger partial charge in [0.1, 0.15) is 0 Å². The highest BCUT2D eigenvalue weighted by atomic mass is 16.8. The summed E-state index contributed by atoms with van der Waals surface area (Å²) in [4.78, 5) is 38.2. The molecule has 10 heteroatoms. The number of likely N-dealkylation sites (N-methyl/N-ethyl adjacent to an activating group) is 2. The Balaban J connectivity index is 2.72. The lowest BCUT2D eigenvalue weighted by Crippen LogP contribution is -2.69. The summed E-state index contributed by atoms with van der Waals surface area (Å²) in [5.74, 6) is -3.28. The first-order valence-corrected chi connectivity index (χ1v) is 6.92. The molecule has 0 aromatic rings. The highest BCUT2D eigenvalue weighted by Gasteiger charge is 2.82. The van der Waals surface area contributed by atoms with E-state index in [1.54, 1.807) is 13.8 Å². The zero-order valence-electron chi connectivity index (χ0n) is 13.7. The molecule has 0 aromatic heterocycles. The first-order valence-electron chi connectivity index (χ1n) is 6.92. The van der Waals surface area contributed by atoms with Gasteiger partial charge >= 0.3 is 23.8 Å². The summed E-state index contributed by atoms with van der Waals surface area (Å²) in [6.45, 7) is 3.90. The minimum atomic E-state index is -1.64. The van der Waals surface area contributed by atoms with Gasteiger partial charge in [0.15, 0.2) is 0 Å². The molecule has 0 saturated carbocycles. The molecule has 0 aliphatic carbocycles. The van der Waals surface area contributed by atoms with Crippen molar-refractivity contribution in [2.24, 2.45) is 0 Å². The number of rotatable bonds is 6. The number of carbonyl (C=O) groups is 2.